The van der Waals surface area contributed by atoms with Gasteiger partial charge in [0.2, 0.25) is 0 Å². The second-order valence-corrected chi connectivity index (χ2v) is 5.45. The number of benzene rings is 2. The fourth-order valence-corrected chi connectivity index (χ4v) is 2.86. The quantitative estimate of drug-likeness (QED) is 0.795. The van der Waals surface area contributed by atoms with E-state index in [1.807, 2.05) is 13.1 Å². The lowest BCUT2D eigenvalue weighted by atomic mass is 9.95. The second kappa shape index (κ2) is 5.62. The molecule has 3 rings (SSSR count). The molecule has 3 nitrogen and oxygen atoms in total. The molecule has 0 fully saturated rings. The van der Waals surface area contributed by atoms with E-state index in [9.17, 15) is 0 Å². The smallest absolute Gasteiger partial charge is 0.0890 e. The molecule has 0 aliphatic rings. The van der Waals surface area contributed by atoms with E-state index in [1.165, 1.54) is 22.3 Å². The molecule has 3 heteroatoms. The lowest BCUT2D eigenvalue weighted by Gasteiger charge is -2.19. The summed E-state index contributed by atoms with van der Waals surface area (Å²) < 4.78 is 0. The summed E-state index contributed by atoms with van der Waals surface area (Å²) in [7, 11) is 1.99. The van der Waals surface area contributed by atoms with Crippen LogP contribution in [0.4, 0.5) is 0 Å². The van der Waals surface area contributed by atoms with Gasteiger partial charge in [-0.3, -0.25) is 9.97 Å². The zero-order valence-electron chi connectivity index (χ0n) is 12.6. The molecule has 0 amide bonds. The number of hydrogen-bond acceptors (Lipinski definition) is 3. The molecule has 106 valence electrons. The third-order valence-electron chi connectivity index (χ3n) is 3.69. The number of nitrogens with one attached hydrogen (secondary N) is 1. The lowest BCUT2D eigenvalue weighted by Crippen LogP contribution is -2.18. The molecule has 0 aliphatic heterocycles. The summed E-state index contributed by atoms with van der Waals surface area (Å²) in [6.45, 7) is 4.27. The maximum atomic E-state index is 4.40. The van der Waals surface area contributed by atoms with Crippen molar-refractivity contribution in [2.24, 2.45) is 0 Å². The van der Waals surface area contributed by atoms with Crippen molar-refractivity contribution in [3.05, 3.63) is 71.0 Å². The van der Waals surface area contributed by atoms with Gasteiger partial charge in [0.1, 0.15) is 0 Å². The fourth-order valence-electron chi connectivity index (χ4n) is 2.86. The molecule has 0 saturated heterocycles. The van der Waals surface area contributed by atoms with E-state index in [0.717, 1.165) is 11.0 Å². The first-order valence-corrected chi connectivity index (χ1v) is 7.13. The van der Waals surface area contributed by atoms with Gasteiger partial charge in [-0.2, -0.15) is 0 Å². The van der Waals surface area contributed by atoms with Crippen molar-refractivity contribution in [3.63, 3.8) is 0 Å². The molecule has 1 unspecified atom stereocenters. The van der Waals surface area contributed by atoms with Crippen LogP contribution in [0.2, 0.25) is 0 Å². The Morgan fingerprint density at radius 2 is 1.48 bits per heavy atom. The first-order valence-electron chi connectivity index (χ1n) is 7.13. The second-order valence-electron chi connectivity index (χ2n) is 5.45. The SMILES string of the molecule is CNC(c1cc(C)cc(C)c1)c1ccc2nccnc2c1. The van der Waals surface area contributed by atoms with E-state index in [2.05, 4.69) is 59.5 Å². The Balaban J connectivity index is 2.08. The summed E-state index contributed by atoms with van der Waals surface area (Å²) in [5, 5.41) is 3.41. The topological polar surface area (TPSA) is 37.8 Å². The Hall–Kier alpha value is -2.26. The molecular formula is C18H19N3. The molecule has 0 spiro atoms. The summed E-state index contributed by atoms with van der Waals surface area (Å²) in [4.78, 5) is 8.72. The van der Waals surface area contributed by atoms with Gasteiger partial charge in [0.05, 0.1) is 17.1 Å². The number of nitrogens with zero attached hydrogens (tertiary/aromatic N) is 2. The highest BCUT2D eigenvalue weighted by Gasteiger charge is 2.13. The number of fused-ring (bicyclic) bond motifs is 1. The average molecular weight is 277 g/mol. The van der Waals surface area contributed by atoms with Gasteiger partial charge in [-0.1, -0.05) is 35.4 Å². The van der Waals surface area contributed by atoms with Crippen LogP contribution in [-0.2, 0) is 0 Å². The minimum absolute atomic E-state index is 0.162. The summed E-state index contributed by atoms with van der Waals surface area (Å²) in [6.07, 6.45) is 3.46. The normalized spacial score (nSPS) is 12.5. The molecule has 0 saturated carbocycles. The molecule has 2 aromatic carbocycles. The van der Waals surface area contributed by atoms with E-state index in [1.54, 1.807) is 12.4 Å². The van der Waals surface area contributed by atoms with E-state index in [0.29, 0.717) is 0 Å². The van der Waals surface area contributed by atoms with E-state index in [4.69, 9.17) is 0 Å². The number of aryl methyl sites for hydroxylation is 2. The van der Waals surface area contributed by atoms with Crippen molar-refractivity contribution in [1.82, 2.24) is 15.3 Å². The van der Waals surface area contributed by atoms with E-state index in [-0.39, 0.29) is 6.04 Å². The summed E-state index contributed by atoms with van der Waals surface area (Å²) in [6, 6.07) is 13.1. The van der Waals surface area contributed by atoms with Gasteiger partial charge < -0.3 is 5.32 Å². The fraction of sp³-hybridized carbons (Fsp3) is 0.222. The molecule has 21 heavy (non-hydrogen) atoms. The maximum absolute atomic E-state index is 4.40. The van der Waals surface area contributed by atoms with Gasteiger partial charge in [-0.25, -0.2) is 0 Å². The molecule has 1 N–H and O–H groups in total. The lowest BCUT2D eigenvalue weighted by molar-refractivity contribution is 0.691. The molecule has 1 aromatic heterocycles. The highest BCUT2D eigenvalue weighted by molar-refractivity contribution is 5.74. The zero-order chi connectivity index (χ0) is 14.8. The highest BCUT2D eigenvalue weighted by atomic mass is 14.9. The van der Waals surface area contributed by atoms with Crippen LogP contribution in [0.15, 0.2) is 48.8 Å². The van der Waals surface area contributed by atoms with E-state index < -0.39 is 0 Å². The third-order valence-corrected chi connectivity index (χ3v) is 3.69. The Morgan fingerprint density at radius 3 is 2.14 bits per heavy atom. The highest BCUT2D eigenvalue weighted by Crippen LogP contribution is 2.25. The van der Waals surface area contributed by atoms with Crippen molar-refractivity contribution >= 4 is 11.0 Å². The van der Waals surface area contributed by atoms with Gasteiger partial charge in [0, 0.05) is 12.4 Å². The van der Waals surface area contributed by atoms with Crippen LogP contribution in [0.3, 0.4) is 0 Å². The molecular weight excluding hydrogens is 258 g/mol. The Morgan fingerprint density at radius 1 is 0.810 bits per heavy atom. The largest absolute Gasteiger partial charge is 0.309 e. The van der Waals surface area contributed by atoms with Crippen LogP contribution in [0.5, 0.6) is 0 Å². The zero-order valence-corrected chi connectivity index (χ0v) is 12.6. The Bertz CT molecular complexity index is 760. The summed E-state index contributed by atoms with van der Waals surface area (Å²) in [5.74, 6) is 0. The van der Waals surface area contributed by atoms with Gasteiger partial charge >= 0.3 is 0 Å². The third kappa shape index (κ3) is 2.78. The van der Waals surface area contributed by atoms with E-state index >= 15 is 0 Å². The minimum atomic E-state index is 0.162. The van der Waals surface area contributed by atoms with Crippen molar-refractivity contribution in [2.75, 3.05) is 7.05 Å². The minimum Gasteiger partial charge on any atom is -0.309 e. The Kier molecular flexibility index (Phi) is 3.67. The first kappa shape index (κ1) is 13.7. The molecule has 1 heterocycles. The predicted molar refractivity (Wildman–Crippen MR) is 86.4 cm³/mol. The van der Waals surface area contributed by atoms with Crippen LogP contribution in [-0.4, -0.2) is 17.0 Å². The molecule has 0 bridgehead atoms. The predicted octanol–water partition coefficient (Wildman–Crippen LogP) is 3.56. The van der Waals surface area contributed by atoms with Crippen molar-refractivity contribution < 1.29 is 0 Å². The molecule has 1 atom stereocenters. The van der Waals surface area contributed by atoms with Crippen LogP contribution in [0.25, 0.3) is 11.0 Å². The number of hydrogen-bond donors (Lipinski definition) is 1. The standard InChI is InChI=1S/C18H19N3/c1-12-8-13(2)10-15(9-12)18(19-3)14-4-5-16-17(11-14)21-7-6-20-16/h4-11,18-19H,1-3H3. The monoisotopic (exact) mass is 277 g/mol. The molecule has 0 radical (unpaired) electrons. The van der Waals surface area contributed by atoms with Gasteiger partial charge in [-0.05, 0) is 44.2 Å². The van der Waals surface area contributed by atoms with Gasteiger partial charge in [0.25, 0.3) is 0 Å². The van der Waals surface area contributed by atoms with Crippen molar-refractivity contribution in [2.45, 2.75) is 19.9 Å². The van der Waals surface area contributed by atoms with Crippen molar-refractivity contribution in [1.29, 1.82) is 0 Å². The van der Waals surface area contributed by atoms with Crippen molar-refractivity contribution in [3.8, 4) is 0 Å². The number of aromatic nitrogens is 2. The van der Waals surface area contributed by atoms with Crippen LogP contribution in [0, 0.1) is 13.8 Å². The van der Waals surface area contributed by atoms with Gasteiger partial charge in [-0.15, -0.1) is 0 Å². The summed E-state index contributed by atoms with van der Waals surface area (Å²) in [5.41, 5.74) is 6.90. The first-order chi connectivity index (χ1) is 10.2. The number of rotatable bonds is 3. The maximum Gasteiger partial charge on any atom is 0.0890 e. The van der Waals surface area contributed by atoms with Crippen LogP contribution in [0.1, 0.15) is 28.3 Å². The van der Waals surface area contributed by atoms with Crippen LogP contribution >= 0.6 is 0 Å². The average Bonchev–Trinajstić information content (AvgIpc) is 2.47. The summed E-state index contributed by atoms with van der Waals surface area (Å²) >= 11 is 0. The molecule has 0 aliphatic carbocycles. The Labute approximate surface area is 125 Å². The van der Waals surface area contributed by atoms with Crippen LogP contribution < -0.4 is 5.32 Å². The van der Waals surface area contributed by atoms with Gasteiger partial charge in [0.15, 0.2) is 0 Å². The molecule has 3 aromatic rings.